The Hall–Kier alpha value is -2.98. The van der Waals surface area contributed by atoms with Crippen molar-refractivity contribution in [3.63, 3.8) is 0 Å². The monoisotopic (exact) mass is 503 g/mol. The molecule has 0 saturated carbocycles. The number of hydrogen-bond acceptors (Lipinski definition) is 12. The molecule has 172 valence electrons. The van der Waals surface area contributed by atoms with Gasteiger partial charge in [0.1, 0.15) is 17.1 Å². The predicted octanol–water partition coefficient (Wildman–Crippen LogP) is 0.546. The number of nitrogens with zero attached hydrogens (tertiary/aromatic N) is 3. The zero-order chi connectivity index (χ0) is 23.6. The number of carbonyl (C=O) groups excluding carboxylic acids is 2. The maximum atomic E-state index is 12.9. The molecule has 0 aromatic carbocycles. The fourth-order valence-corrected chi connectivity index (χ4v) is 5.37. The normalized spacial score (nSPS) is 21.4. The summed E-state index contributed by atoms with van der Waals surface area (Å²) >= 11 is 3.61. The number of ether oxygens (including phenoxy) is 1. The summed E-state index contributed by atoms with van der Waals surface area (Å²) in [6.07, 6.45) is -1.17. The summed E-state index contributed by atoms with van der Waals surface area (Å²) in [5.41, 5.74) is 5.29. The first kappa shape index (κ1) is 23.7. The smallest absolute Gasteiger partial charge is 0.478 e. The highest BCUT2D eigenvalue weighted by atomic mass is 32.2. The van der Waals surface area contributed by atoms with Gasteiger partial charge in [0.25, 0.3) is 11.8 Å². The second-order valence-electron chi connectivity index (χ2n) is 6.26. The molecule has 2 unspecified atom stereocenters. The molecule has 5 N–H and O–H groups in total. The molecule has 1 saturated heterocycles. The minimum Gasteiger partial charge on any atom is -0.478 e. The molecule has 3 atom stereocenters. The summed E-state index contributed by atoms with van der Waals surface area (Å²) in [4.78, 5) is 58.1. The summed E-state index contributed by atoms with van der Waals surface area (Å²) < 4.78 is 4.79. The van der Waals surface area contributed by atoms with Gasteiger partial charge in [-0.05, 0) is 13.2 Å². The maximum Gasteiger partial charge on any atom is 0.512 e. The third-order valence-corrected chi connectivity index (χ3v) is 7.18. The summed E-state index contributed by atoms with van der Waals surface area (Å²) in [7, 11) is 0. The maximum absolute atomic E-state index is 12.9. The molecule has 1 fully saturated rings. The zero-order valence-electron chi connectivity index (χ0n) is 16.5. The van der Waals surface area contributed by atoms with Gasteiger partial charge in [-0.1, -0.05) is 5.16 Å². The summed E-state index contributed by atoms with van der Waals surface area (Å²) in [5.74, 6) is -2.41. The van der Waals surface area contributed by atoms with E-state index in [1.54, 1.807) is 6.26 Å². The number of hydrogen-bond donors (Lipinski definition) is 4. The lowest BCUT2D eigenvalue weighted by Gasteiger charge is -2.48. The number of nitrogens with one attached hydrogen (secondary N) is 1. The molecule has 32 heavy (non-hydrogen) atoms. The molecule has 3 rings (SSSR count). The van der Waals surface area contributed by atoms with Gasteiger partial charge in [0, 0.05) is 11.1 Å². The van der Waals surface area contributed by atoms with Crippen molar-refractivity contribution in [3.05, 3.63) is 21.9 Å². The molecular formula is C16H17N5O8S3. The van der Waals surface area contributed by atoms with Crippen LogP contribution in [-0.2, 0) is 24.0 Å². The number of anilines is 1. The highest BCUT2D eigenvalue weighted by Gasteiger charge is 2.54. The van der Waals surface area contributed by atoms with E-state index >= 15 is 0 Å². The quantitative estimate of drug-likeness (QED) is 0.167. The second-order valence-corrected chi connectivity index (χ2v) is 9.15. The van der Waals surface area contributed by atoms with Crippen molar-refractivity contribution in [1.29, 1.82) is 0 Å². The minimum atomic E-state index is -1.56. The molecular weight excluding hydrogens is 486 g/mol. The highest BCUT2D eigenvalue weighted by molar-refractivity contribution is 8.05. The van der Waals surface area contributed by atoms with Crippen LogP contribution in [0.5, 0.6) is 0 Å². The number of thioether (sulfide) groups is 2. The van der Waals surface area contributed by atoms with E-state index < -0.39 is 41.5 Å². The van der Waals surface area contributed by atoms with Gasteiger partial charge in [0.05, 0.1) is 4.91 Å². The van der Waals surface area contributed by atoms with Crippen molar-refractivity contribution in [2.24, 2.45) is 5.16 Å². The van der Waals surface area contributed by atoms with E-state index in [1.807, 2.05) is 0 Å². The van der Waals surface area contributed by atoms with E-state index in [4.69, 9.17) is 25.5 Å². The topological polar surface area (TPSA) is 194 Å². The molecule has 16 heteroatoms. The number of nitrogen functional groups attached to an aromatic ring is 1. The van der Waals surface area contributed by atoms with Gasteiger partial charge >= 0.3 is 12.1 Å². The molecule has 1 aromatic heterocycles. The van der Waals surface area contributed by atoms with E-state index in [9.17, 15) is 19.2 Å². The van der Waals surface area contributed by atoms with Crippen molar-refractivity contribution in [3.8, 4) is 0 Å². The molecule has 0 spiro atoms. The van der Waals surface area contributed by atoms with Crippen LogP contribution < -0.4 is 11.1 Å². The number of carbonyl (C=O) groups is 4. The minimum absolute atomic E-state index is 0.0435. The third-order valence-electron chi connectivity index (χ3n) is 4.23. The van der Waals surface area contributed by atoms with E-state index in [1.165, 1.54) is 40.7 Å². The first-order valence-electron chi connectivity index (χ1n) is 8.75. The number of β-lactam (4-membered cyclic amide) rings is 1. The summed E-state index contributed by atoms with van der Waals surface area (Å²) in [6.45, 7) is 1.22. The predicted molar refractivity (Wildman–Crippen MR) is 116 cm³/mol. The number of aliphatic carboxylic acids is 1. The highest BCUT2D eigenvalue weighted by Crippen LogP contribution is 2.43. The Kier molecular flexibility index (Phi) is 7.15. The molecule has 13 nitrogen and oxygen atoms in total. The lowest BCUT2D eigenvalue weighted by molar-refractivity contribution is -0.149. The van der Waals surface area contributed by atoms with Crippen LogP contribution in [0.2, 0.25) is 0 Å². The average Bonchev–Trinajstić information content (AvgIpc) is 3.16. The largest absolute Gasteiger partial charge is 0.512 e. The fraction of sp³-hybridized carbons (Fsp3) is 0.375. The van der Waals surface area contributed by atoms with Crippen molar-refractivity contribution in [1.82, 2.24) is 15.2 Å². The lowest BCUT2D eigenvalue weighted by atomic mass is 10.1. The van der Waals surface area contributed by atoms with Crippen LogP contribution in [0.3, 0.4) is 0 Å². The first-order chi connectivity index (χ1) is 15.1. The van der Waals surface area contributed by atoms with E-state index in [2.05, 4.69) is 15.5 Å². The Bertz CT molecular complexity index is 1030. The van der Waals surface area contributed by atoms with Crippen molar-refractivity contribution in [2.45, 2.75) is 24.4 Å². The molecule has 3 heterocycles. The SMILES string of the molecule is CSC1=C(OC(=O)O)N2C(=O)C(NC(=O)C(=NOC(C)C(=O)O)c3csc(N)n3)[C@@H]2SC1. The molecule has 0 radical (unpaired) electrons. The lowest BCUT2D eigenvalue weighted by Crippen LogP contribution is -2.70. The molecule has 2 aliphatic rings. The Morgan fingerprint density at radius 2 is 2.16 bits per heavy atom. The van der Waals surface area contributed by atoms with Crippen LogP contribution in [0.4, 0.5) is 9.93 Å². The third kappa shape index (κ3) is 4.76. The molecule has 0 aliphatic carbocycles. The Labute approximate surface area is 193 Å². The second kappa shape index (κ2) is 9.66. The first-order valence-corrected chi connectivity index (χ1v) is 11.9. The number of carboxylic acids is 1. The Morgan fingerprint density at radius 3 is 2.72 bits per heavy atom. The van der Waals surface area contributed by atoms with Gasteiger partial charge in [-0.3, -0.25) is 14.5 Å². The summed E-state index contributed by atoms with van der Waals surface area (Å²) in [5, 5.41) is 25.0. The van der Waals surface area contributed by atoms with Crippen LogP contribution in [-0.4, -0.2) is 79.3 Å². The number of carboxylic acid groups (broad SMARTS) is 2. The van der Waals surface area contributed by atoms with Gasteiger partial charge in [-0.2, -0.15) is 0 Å². The molecule has 0 bridgehead atoms. The van der Waals surface area contributed by atoms with Crippen LogP contribution in [0.1, 0.15) is 12.6 Å². The van der Waals surface area contributed by atoms with Gasteiger partial charge in [0.15, 0.2) is 10.8 Å². The van der Waals surface area contributed by atoms with E-state index in [0.29, 0.717) is 10.7 Å². The van der Waals surface area contributed by atoms with Crippen LogP contribution >= 0.6 is 34.9 Å². The number of rotatable bonds is 8. The van der Waals surface area contributed by atoms with Crippen LogP contribution in [0.15, 0.2) is 21.3 Å². The Balaban J connectivity index is 1.80. The number of nitrogens with two attached hydrogens (primary N) is 1. The van der Waals surface area contributed by atoms with E-state index in [0.717, 1.165) is 11.3 Å². The van der Waals surface area contributed by atoms with Gasteiger partial charge in [-0.15, -0.1) is 34.9 Å². The number of amides is 2. The number of oxime groups is 1. The summed E-state index contributed by atoms with van der Waals surface area (Å²) in [6, 6.07) is -0.999. The average molecular weight is 504 g/mol. The molecule has 1 aromatic rings. The number of fused-ring (bicyclic) bond motifs is 1. The van der Waals surface area contributed by atoms with Gasteiger partial charge in [0.2, 0.25) is 12.0 Å². The van der Waals surface area contributed by atoms with Crippen molar-refractivity contribution >= 4 is 69.6 Å². The fourth-order valence-electron chi connectivity index (χ4n) is 2.66. The standard InChI is InChI=1S/C16H17N5O8S3/c1-5(14(24)25)29-20-8(6-3-32-15(17)18-6)10(22)19-9-11(23)21-12(28-16(26)27)7(30-2)4-31-13(9)21/h3,5,9,13H,4H2,1-2H3,(H2,17,18)(H,19,22)(H,24,25)(H,26,27)/t5?,9?,13-/m0/s1. The van der Waals surface area contributed by atoms with Gasteiger partial charge < -0.3 is 30.8 Å². The number of aromatic nitrogens is 1. The zero-order valence-corrected chi connectivity index (χ0v) is 19.0. The van der Waals surface area contributed by atoms with Crippen LogP contribution in [0.25, 0.3) is 0 Å². The number of thiazole rings is 1. The van der Waals surface area contributed by atoms with Gasteiger partial charge in [-0.25, -0.2) is 14.6 Å². The molecule has 2 aliphatic heterocycles. The van der Waals surface area contributed by atoms with Crippen molar-refractivity contribution < 1.29 is 39.0 Å². The van der Waals surface area contributed by atoms with Crippen LogP contribution in [0, 0.1) is 0 Å². The Morgan fingerprint density at radius 1 is 1.44 bits per heavy atom. The molecule has 2 amide bonds. The van der Waals surface area contributed by atoms with E-state index in [-0.39, 0.29) is 22.4 Å². The van der Waals surface area contributed by atoms with Crippen molar-refractivity contribution in [2.75, 3.05) is 17.7 Å².